The first-order valence-electron chi connectivity index (χ1n) is 22.4. The number of benzene rings is 10. The summed E-state index contributed by atoms with van der Waals surface area (Å²) in [5, 5.41) is 11.7. The molecule has 0 amide bonds. The molecule has 0 atom stereocenters. The lowest BCUT2D eigenvalue weighted by molar-refractivity contribution is 0.662. The Hall–Kier alpha value is -7.95. The molecule has 0 spiro atoms. The van der Waals surface area contributed by atoms with Crippen molar-refractivity contribution in [1.82, 2.24) is 19.5 Å². The molecule has 1 aliphatic rings. The van der Waals surface area contributed by atoms with E-state index < -0.39 is 0 Å². The van der Waals surface area contributed by atoms with Crippen LogP contribution in [0, 0.1) is 0 Å². The summed E-state index contributed by atoms with van der Waals surface area (Å²) in [5.41, 5.74) is 11.4. The van der Waals surface area contributed by atoms with E-state index in [4.69, 9.17) is 15.0 Å². The summed E-state index contributed by atoms with van der Waals surface area (Å²) < 4.78 is 2.36. The normalized spacial score (nSPS) is 12.8. The summed E-state index contributed by atoms with van der Waals surface area (Å²) in [6.45, 7) is 8.74. The van der Waals surface area contributed by atoms with E-state index in [-0.39, 0.29) is 5.41 Å². The van der Waals surface area contributed by atoms with Gasteiger partial charge in [0.15, 0.2) is 11.6 Å². The Morgan fingerprint density at radius 1 is 0.375 bits per heavy atom. The number of fused-ring (bicyclic) bond motifs is 13. The summed E-state index contributed by atoms with van der Waals surface area (Å²) >= 11 is 0. The Kier molecular flexibility index (Phi) is 8.60. The van der Waals surface area contributed by atoms with Gasteiger partial charge in [0.25, 0.3) is 0 Å². The molecule has 10 aromatic carbocycles. The van der Waals surface area contributed by atoms with Crippen LogP contribution >= 0.6 is 0 Å². The van der Waals surface area contributed by atoms with Gasteiger partial charge >= 0.3 is 0 Å². The van der Waals surface area contributed by atoms with E-state index in [1.165, 1.54) is 60.1 Å². The van der Waals surface area contributed by atoms with Gasteiger partial charge in [-0.1, -0.05) is 210 Å². The molecule has 13 rings (SSSR count). The van der Waals surface area contributed by atoms with E-state index in [2.05, 4.69) is 213 Å². The molecule has 0 bridgehead atoms. The molecule has 0 N–H and O–H groups in total. The molecule has 0 saturated heterocycles. The van der Waals surface area contributed by atoms with E-state index >= 15 is 0 Å². The molecular formula is C60H44N4. The zero-order valence-corrected chi connectivity index (χ0v) is 36.3. The fourth-order valence-corrected chi connectivity index (χ4v) is 10.6. The third kappa shape index (κ3) is 5.58. The van der Waals surface area contributed by atoms with Crippen LogP contribution in [-0.2, 0) is 5.41 Å². The molecular weight excluding hydrogens is 777 g/mol. The van der Waals surface area contributed by atoms with Crippen molar-refractivity contribution in [3.05, 3.63) is 205 Å². The van der Waals surface area contributed by atoms with Gasteiger partial charge in [-0.3, -0.25) is 4.57 Å². The fraction of sp³-hybridized carbons (Fsp3) is 0.0833. The highest BCUT2D eigenvalue weighted by Crippen LogP contribution is 2.54. The minimum Gasteiger partial charge on any atom is -0.277 e. The fourth-order valence-electron chi connectivity index (χ4n) is 10.6. The van der Waals surface area contributed by atoms with Crippen LogP contribution in [0.3, 0.4) is 0 Å². The summed E-state index contributed by atoms with van der Waals surface area (Å²) in [7, 11) is 0. The molecule has 4 nitrogen and oxygen atoms in total. The predicted molar refractivity (Wildman–Crippen MR) is 269 cm³/mol. The highest BCUT2D eigenvalue weighted by atomic mass is 15.2. The minimum absolute atomic E-state index is 0.222. The van der Waals surface area contributed by atoms with Gasteiger partial charge in [-0.2, -0.15) is 9.97 Å². The van der Waals surface area contributed by atoms with Crippen molar-refractivity contribution in [2.24, 2.45) is 0 Å². The zero-order chi connectivity index (χ0) is 43.1. The van der Waals surface area contributed by atoms with Crippen molar-refractivity contribution < 1.29 is 0 Å². The van der Waals surface area contributed by atoms with Crippen LogP contribution in [-0.4, -0.2) is 19.5 Å². The van der Waals surface area contributed by atoms with Crippen molar-refractivity contribution in [3.8, 4) is 51.0 Å². The Bertz CT molecular complexity index is 3760. The molecule has 2 heterocycles. The molecule has 0 aliphatic heterocycles. The summed E-state index contributed by atoms with van der Waals surface area (Å²) in [6, 6.07) is 70.1. The van der Waals surface area contributed by atoms with Gasteiger partial charge in [0.1, 0.15) is 0 Å². The smallest absolute Gasteiger partial charge is 0.238 e. The monoisotopic (exact) mass is 820 g/mol. The quantitative estimate of drug-likeness (QED) is 0.166. The number of rotatable bonds is 4. The van der Waals surface area contributed by atoms with Crippen LogP contribution in [0.25, 0.3) is 116 Å². The van der Waals surface area contributed by atoms with Crippen LogP contribution in [0.15, 0.2) is 194 Å². The highest BCUT2D eigenvalue weighted by molar-refractivity contribution is 6.33. The predicted octanol–water partition coefficient (Wildman–Crippen LogP) is 15.9. The molecule has 0 saturated carbocycles. The van der Waals surface area contributed by atoms with E-state index in [9.17, 15) is 0 Å². The molecule has 304 valence electrons. The maximum absolute atomic E-state index is 5.54. The maximum Gasteiger partial charge on any atom is 0.238 e. The summed E-state index contributed by atoms with van der Waals surface area (Å²) in [5.74, 6) is 1.83. The maximum atomic E-state index is 5.54. The molecule has 4 heteroatoms. The standard InChI is InChI=1S/C58H38N4.C2H6/c1-58(2)50-28-12-11-21-43(50)45-24-13-25-46(52(45)58)48-26-14-27-49-51-44-22-9-7-19-41(44)42-20-8-10-23-47(42)54(51)62(53(48)49)57-60-55(39-31-29-35-15-3-5-17-37(35)33-39)59-56(61-57)40-32-30-36-16-4-6-18-38(36)34-40;1-2/h3-34H,1-2H3;1-2H3. The van der Waals surface area contributed by atoms with Crippen LogP contribution in [0.4, 0.5) is 0 Å². The second-order valence-corrected chi connectivity index (χ2v) is 17.2. The van der Waals surface area contributed by atoms with Crippen LogP contribution in [0.5, 0.6) is 0 Å². The summed E-state index contributed by atoms with van der Waals surface area (Å²) in [6.07, 6.45) is 0. The highest BCUT2D eigenvalue weighted by Gasteiger charge is 2.38. The number of aromatic nitrogens is 4. The lowest BCUT2D eigenvalue weighted by Crippen LogP contribution is -2.16. The largest absolute Gasteiger partial charge is 0.277 e. The van der Waals surface area contributed by atoms with Gasteiger partial charge in [0.05, 0.1) is 11.0 Å². The van der Waals surface area contributed by atoms with Crippen LogP contribution in [0.1, 0.15) is 38.8 Å². The first kappa shape index (κ1) is 37.8. The zero-order valence-electron chi connectivity index (χ0n) is 36.3. The van der Waals surface area contributed by atoms with Gasteiger partial charge in [-0.05, 0) is 77.7 Å². The Balaban J connectivity index is 0.00000214. The van der Waals surface area contributed by atoms with E-state index in [0.717, 1.165) is 49.3 Å². The van der Waals surface area contributed by atoms with Gasteiger partial charge in [0.2, 0.25) is 5.95 Å². The first-order valence-corrected chi connectivity index (χ1v) is 22.4. The second-order valence-electron chi connectivity index (χ2n) is 17.2. The average molecular weight is 821 g/mol. The average Bonchev–Trinajstić information content (AvgIpc) is 3.84. The van der Waals surface area contributed by atoms with Crippen molar-refractivity contribution in [3.63, 3.8) is 0 Å². The molecule has 1 aliphatic carbocycles. The Labute approximate surface area is 372 Å². The number of nitrogens with zero attached hydrogens (tertiary/aromatic N) is 4. The number of para-hydroxylation sites is 1. The van der Waals surface area contributed by atoms with Gasteiger partial charge in [0, 0.05) is 38.3 Å². The summed E-state index contributed by atoms with van der Waals surface area (Å²) in [4.78, 5) is 16.4. The topological polar surface area (TPSA) is 43.6 Å². The second kappa shape index (κ2) is 14.6. The SMILES string of the molecule is CC.CC1(C)c2ccccc2-c2cccc(-c3cccc4c5c6ccccc6c6ccccc6c5n(-c5nc(-c6ccc7ccccc7c6)nc(-c6ccc7ccccc7c6)n5)c34)c21. The van der Waals surface area contributed by atoms with Crippen LogP contribution in [0.2, 0.25) is 0 Å². The molecule has 0 radical (unpaired) electrons. The molecule has 0 fully saturated rings. The Morgan fingerprint density at radius 2 is 0.844 bits per heavy atom. The minimum atomic E-state index is -0.222. The first-order chi connectivity index (χ1) is 31.5. The van der Waals surface area contributed by atoms with E-state index in [0.29, 0.717) is 17.6 Å². The lowest BCUT2D eigenvalue weighted by atomic mass is 9.78. The molecule has 2 aromatic heterocycles. The van der Waals surface area contributed by atoms with E-state index in [1.54, 1.807) is 0 Å². The number of hydrogen-bond acceptors (Lipinski definition) is 3. The van der Waals surface area contributed by atoms with Crippen LogP contribution < -0.4 is 0 Å². The third-order valence-corrected chi connectivity index (χ3v) is 13.4. The van der Waals surface area contributed by atoms with Gasteiger partial charge in [-0.25, -0.2) is 4.98 Å². The molecule has 12 aromatic rings. The van der Waals surface area contributed by atoms with Crippen molar-refractivity contribution in [2.45, 2.75) is 33.1 Å². The third-order valence-electron chi connectivity index (χ3n) is 13.4. The molecule has 0 unspecified atom stereocenters. The number of hydrogen-bond donors (Lipinski definition) is 0. The van der Waals surface area contributed by atoms with Crippen molar-refractivity contribution in [2.75, 3.05) is 0 Å². The van der Waals surface area contributed by atoms with Gasteiger partial charge < -0.3 is 0 Å². The Morgan fingerprint density at radius 3 is 1.50 bits per heavy atom. The molecule has 64 heavy (non-hydrogen) atoms. The van der Waals surface area contributed by atoms with Crippen molar-refractivity contribution >= 4 is 64.9 Å². The lowest BCUT2D eigenvalue weighted by Gasteiger charge is -2.25. The van der Waals surface area contributed by atoms with E-state index in [1.807, 2.05) is 13.8 Å². The van der Waals surface area contributed by atoms with Gasteiger partial charge in [-0.15, -0.1) is 0 Å². The van der Waals surface area contributed by atoms with Crippen molar-refractivity contribution in [1.29, 1.82) is 0 Å².